The number of benzene rings is 1. The summed E-state index contributed by atoms with van der Waals surface area (Å²) in [6.07, 6.45) is -1.38. The van der Waals surface area contributed by atoms with Gasteiger partial charge in [0.2, 0.25) is 0 Å². The second kappa shape index (κ2) is 8.93. The number of carbonyl (C=O) groups excluding carboxylic acids is 1. The number of amidine groups is 1. The average molecular weight is 467 g/mol. The zero-order chi connectivity index (χ0) is 23.8. The predicted molar refractivity (Wildman–Crippen MR) is 109 cm³/mol. The van der Waals surface area contributed by atoms with E-state index in [0.29, 0.717) is 6.42 Å². The van der Waals surface area contributed by atoms with E-state index in [1.54, 1.807) is 0 Å². The van der Waals surface area contributed by atoms with Crippen molar-refractivity contribution in [2.45, 2.75) is 37.5 Å². The van der Waals surface area contributed by atoms with E-state index in [2.05, 4.69) is 20.3 Å². The van der Waals surface area contributed by atoms with Crippen LogP contribution in [0.15, 0.2) is 35.6 Å². The van der Waals surface area contributed by atoms with Gasteiger partial charge in [0.25, 0.3) is 18.4 Å². The van der Waals surface area contributed by atoms with Crippen molar-refractivity contribution in [3.63, 3.8) is 0 Å². The molecule has 33 heavy (non-hydrogen) atoms. The number of carbonyl (C=O) groups is 1. The summed E-state index contributed by atoms with van der Waals surface area (Å²) in [4.78, 5) is 23.8. The van der Waals surface area contributed by atoms with Crippen LogP contribution in [0.3, 0.4) is 0 Å². The summed E-state index contributed by atoms with van der Waals surface area (Å²) < 4.78 is 66.1. The minimum Gasteiger partial charge on any atom is -0.462 e. The molecule has 12 heteroatoms. The van der Waals surface area contributed by atoms with Gasteiger partial charge in [-0.1, -0.05) is 0 Å². The Kier molecular flexibility index (Phi) is 6.19. The molecule has 1 fully saturated rings. The van der Waals surface area contributed by atoms with Crippen molar-refractivity contribution in [1.29, 1.82) is 0 Å². The predicted octanol–water partition coefficient (Wildman–Crippen LogP) is 3.11. The van der Waals surface area contributed by atoms with E-state index in [1.807, 2.05) is 6.92 Å². The van der Waals surface area contributed by atoms with Crippen molar-refractivity contribution in [1.82, 2.24) is 9.97 Å². The molecule has 0 aliphatic carbocycles. The van der Waals surface area contributed by atoms with Gasteiger partial charge in [-0.2, -0.15) is 0 Å². The first-order valence-corrected chi connectivity index (χ1v) is 10.1. The third kappa shape index (κ3) is 4.34. The zero-order valence-electron chi connectivity index (χ0n) is 17.5. The number of aliphatic imine (C=N–C) groups is 1. The maximum absolute atomic E-state index is 15.0. The molecule has 1 aromatic heterocycles. The molecular weight excluding hydrogens is 446 g/mol. The number of alkyl halides is 3. The molecule has 3 N–H and O–H groups in total. The summed E-state index contributed by atoms with van der Waals surface area (Å²) in [6, 6.07) is 3.33. The lowest BCUT2D eigenvalue weighted by Crippen LogP contribution is -2.55. The highest BCUT2D eigenvalue weighted by atomic mass is 19.3. The van der Waals surface area contributed by atoms with Crippen LogP contribution in [0.5, 0.6) is 0 Å². The quantitative estimate of drug-likeness (QED) is 0.654. The van der Waals surface area contributed by atoms with E-state index in [0.717, 1.165) is 18.5 Å². The van der Waals surface area contributed by atoms with Gasteiger partial charge < -0.3 is 20.5 Å². The zero-order valence-corrected chi connectivity index (χ0v) is 17.5. The number of hydrogen-bond acceptors (Lipinski definition) is 7. The molecule has 0 radical (unpaired) electrons. The van der Waals surface area contributed by atoms with Gasteiger partial charge in [0.1, 0.15) is 35.5 Å². The minimum absolute atomic E-state index is 0.0780. The molecule has 0 spiro atoms. The van der Waals surface area contributed by atoms with Crippen LogP contribution >= 0.6 is 0 Å². The Morgan fingerprint density at radius 2 is 2.12 bits per heavy atom. The molecule has 1 amide bonds. The number of amides is 1. The molecule has 1 aromatic carbocycles. The van der Waals surface area contributed by atoms with E-state index in [1.165, 1.54) is 12.1 Å². The Hall–Kier alpha value is -3.28. The van der Waals surface area contributed by atoms with Crippen molar-refractivity contribution in [2.24, 2.45) is 16.6 Å². The molecular formula is C21H21F4N5O3. The Bertz CT molecular complexity index is 1070. The first-order chi connectivity index (χ1) is 15.7. The Labute approximate surface area is 186 Å². The number of halogens is 4. The number of nitrogens with two attached hydrogens (primary N) is 1. The molecule has 0 bridgehead atoms. The molecule has 0 saturated carbocycles. The first-order valence-electron chi connectivity index (χ1n) is 10.1. The lowest BCUT2D eigenvalue weighted by atomic mass is 9.73. The summed E-state index contributed by atoms with van der Waals surface area (Å²) in [5, 5.41) is 2.48. The molecule has 176 valence electrons. The summed E-state index contributed by atoms with van der Waals surface area (Å²) in [5.41, 5.74) is 3.29. The molecule has 3 heterocycles. The van der Waals surface area contributed by atoms with Crippen molar-refractivity contribution >= 4 is 17.6 Å². The summed E-state index contributed by atoms with van der Waals surface area (Å²) in [6.45, 7) is 0.839. The standard InChI is InChI=1S/C21H21F4N5O3/c1-10-4-17-13(8-32-10)21(9-22,30-20(26)33-17)12-5-11(2-3-14(12)23)29-19(31)16-7-27-15(6-28-16)18(24)25/h2-3,5-7,10,13,17-18H,4,8-9H2,1H3,(H2,26,30)(H,29,31)/t10-,13+,17-,21-/m1/s1. The largest absolute Gasteiger partial charge is 0.462 e. The highest BCUT2D eigenvalue weighted by molar-refractivity contribution is 6.02. The van der Waals surface area contributed by atoms with Crippen molar-refractivity contribution < 1.29 is 31.8 Å². The van der Waals surface area contributed by atoms with E-state index >= 15 is 0 Å². The van der Waals surface area contributed by atoms with Gasteiger partial charge in [-0.15, -0.1) is 0 Å². The fraction of sp³-hybridized carbons (Fsp3) is 0.429. The van der Waals surface area contributed by atoms with Crippen LogP contribution in [-0.2, 0) is 15.0 Å². The van der Waals surface area contributed by atoms with Crippen molar-refractivity contribution in [3.05, 3.63) is 53.4 Å². The normalized spacial score (nSPS) is 26.8. The number of nitrogens with one attached hydrogen (secondary N) is 1. The number of nitrogens with zero attached hydrogens (tertiary/aromatic N) is 3. The number of aromatic nitrogens is 2. The minimum atomic E-state index is -2.82. The number of hydrogen-bond donors (Lipinski definition) is 2. The summed E-state index contributed by atoms with van der Waals surface area (Å²) in [5.74, 6) is -2.17. The number of rotatable bonds is 5. The fourth-order valence-corrected chi connectivity index (χ4v) is 4.13. The van der Waals surface area contributed by atoms with E-state index in [4.69, 9.17) is 15.2 Å². The maximum Gasteiger partial charge on any atom is 0.283 e. The Morgan fingerprint density at radius 1 is 1.33 bits per heavy atom. The fourth-order valence-electron chi connectivity index (χ4n) is 4.13. The maximum atomic E-state index is 15.0. The first kappa shape index (κ1) is 22.9. The molecule has 4 atom stereocenters. The topological polar surface area (TPSA) is 112 Å². The molecule has 8 nitrogen and oxygen atoms in total. The van der Waals surface area contributed by atoms with Crippen LogP contribution in [0.4, 0.5) is 23.2 Å². The summed E-state index contributed by atoms with van der Waals surface area (Å²) in [7, 11) is 0. The Morgan fingerprint density at radius 3 is 2.79 bits per heavy atom. The lowest BCUT2D eigenvalue weighted by Gasteiger charge is -2.46. The van der Waals surface area contributed by atoms with Gasteiger partial charge >= 0.3 is 0 Å². The van der Waals surface area contributed by atoms with Crippen LogP contribution in [0.1, 0.15) is 41.5 Å². The smallest absolute Gasteiger partial charge is 0.283 e. The third-order valence-electron chi connectivity index (χ3n) is 5.79. The molecule has 0 unspecified atom stereocenters. The van der Waals surface area contributed by atoms with Crippen LogP contribution < -0.4 is 11.1 Å². The van der Waals surface area contributed by atoms with Crippen LogP contribution in [0.2, 0.25) is 0 Å². The highest BCUT2D eigenvalue weighted by Crippen LogP contribution is 2.45. The number of fused-ring (bicyclic) bond motifs is 1. The second-order valence-corrected chi connectivity index (χ2v) is 7.93. The van der Waals surface area contributed by atoms with Gasteiger partial charge in [0.05, 0.1) is 31.0 Å². The van der Waals surface area contributed by atoms with E-state index < -0.39 is 48.1 Å². The van der Waals surface area contributed by atoms with Gasteiger partial charge in [-0.05, 0) is 25.1 Å². The molecule has 4 rings (SSSR count). The second-order valence-electron chi connectivity index (χ2n) is 7.93. The van der Waals surface area contributed by atoms with Gasteiger partial charge in [0.15, 0.2) is 0 Å². The monoisotopic (exact) mass is 467 g/mol. The molecule has 2 aliphatic rings. The van der Waals surface area contributed by atoms with Gasteiger partial charge in [-0.3, -0.25) is 9.78 Å². The van der Waals surface area contributed by atoms with Crippen molar-refractivity contribution in [3.8, 4) is 0 Å². The lowest BCUT2D eigenvalue weighted by molar-refractivity contribution is -0.109. The van der Waals surface area contributed by atoms with E-state index in [9.17, 15) is 22.4 Å². The number of ether oxygens (including phenoxy) is 2. The van der Waals surface area contributed by atoms with Crippen LogP contribution in [0, 0.1) is 11.7 Å². The highest BCUT2D eigenvalue weighted by Gasteiger charge is 2.52. The Balaban J connectivity index is 1.66. The van der Waals surface area contributed by atoms with Crippen LogP contribution in [-0.4, -0.2) is 47.4 Å². The number of anilines is 1. The SMILES string of the molecule is C[C@@H]1C[C@H]2OC(N)=N[C@](CF)(c3cc(NC(=O)c4cnc(C(F)F)cn4)ccc3F)[C@H]2CO1. The van der Waals surface area contributed by atoms with Crippen molar-refractivity contribution in [2.75, 3.05) is 18.6 Å². The van der Waals surface area contributed by atoms with Crippen LogP contribution in [0.25, 0.3) is 0 Å². The van der Waals surface area contributed by atoms with E-state index in [-0.39, 0.29) is 35.7 Å². The molecule has 2 aliphatic heterocycles. The molecule has 1 saturated heterocycles. The third-order valence-corrected chi connectivity index (χ3v) is 5.79. The average Bonchev–Trinajstić information content (AvgIpc) is 2.79. The summed E-state index contributed by atoms with van der Waals surface area (Å²) >= 11 is 0. The van der Waals surface area contributed by atoms with Gasteiger partial charge in [-0.25, -0.2) is 27.5 Å². The van der Waals surface area contributed by atoms with Gasteiger partial charge in [0, 0.05) is 17.7 Å². The molecule has 2 aromatic rings.